The molecule has 8 N–H and O–H groups in total. The third kappa shape index (κ3) is 14.5. The lowest BCUT2D eigenvalue weighted by molar-refractivity contribution is -0.172. The van der Waals surface area contributed by atoms with Crippen LogP contribution in [0, 0.1) is 5.92 Å². The Hall–Kier alpha value is -7.96. The van der Waals surface area contributed by atoms with Crippen LogP contribution in [0.5, 0.6) is 5.75 Å². The number of carbonyl (C=O) groups excluding carboxylic acids is 8. The molecule has 78 heavy (non-hydrogen) atoms. The number of ketones is 1. The molecule has 6 rings (SSSR count). The molecule has 0 spiro atoms. The normalized spacial score (nSPS) is 15.0. The highest BCUT2D eigenvalue weighted by atomic mass is 16.6. The lowest BCUT2D eigenvalue weighted by Gasteiger charge is -2.31. The number of carbonyl (C=O) groups is 8. The van der Waals surface area contributed by atoms with E-state index in [0.29, 0.717) is 40.0 Å². The number of fused-ring (bicyclic) bond motifs is 5. The fourth-order valence-electron chi connectivity index (χ4n) is 9.06. The van der Waals surface area contributed by atoms with Gasteiger partial charge in [0.25, 0.3) is 5.56 Å². The van der Waals surface area contributed by atoms with Crippen LogP contribution in [0.4, 0.5) is 20.1 Å². The molecule has 24 heteroatoms. The van der Waals surface area contributed by atoms with Crippen LogP contribution < -0.4 is 37.3 Å². The molecular weight excluding hydrogens is 1010 g/mol. The number of esters is 1. The average Bonchev–Trinajstić information content (AvgIpc) is 4.04. The molecule has 0 radical (unpaired) electrons. The number of Topliss-reactive ketones (excluding diaryl/α,β-unsaturated/α-hetero) is 1. The summed E-state index contributed by atoms with van der Waals surface area (Å²) in [5.74, 6) is -2.82. The number of anilines is 1. The van der Waals surface area contributed by atoms with Gasteiger partial charge in [0.15, 0.2) is 5.60 Å². The third-order valence-electron chi connectivity index (χ3n) is 13.5. The summed E-state index contributed by atoms with van der Waals surface area (Å²) in [5, 5.41) is 31.8. The summed E-state index contributed by atoms with van der Waals surface area (Å²) in [6.45, 7) is 8.27. The van der Waals surface area contributed by atoms with Gasteiger partial charge in [0.2, 0.25) is 17.7 Å². The van der Waals surface area contributed by atoms with Crippen molar-refractivity contribution in [2.45, 2.75) is 111 Å². The second-order valence-corrected chi connectivity index (χ2v) is 19.4. The molecule has 0 bridgehead atoms. The topological polar surface area (TPSA) is 329 Å². The van der Waals surface area contributed by atoms with Gasteiger partial charge < -0.3 is 75.3 Å². The highest BCUT2D eigenvalue weighted by Gasteiger charge is 2.45. The zero-order valence-corrected chi connectivity index (χ0v) is 44.7. The summed E-state index contributed by atoms with van der Waals surface area (Å²) in [5.41, 5.74) is 7.41. The molecule has 2 aromatic carbocycles. The molecule has 0 aliphatic carbocycles. The van der Waals surface area contributed by atoms with E-state index in [-0.39, 0.29) is 132 Å². The maximum atomic E-state index is 13.8. The van der Waals surface area contributed by atoms with E-state index in [4.69, 9.17) is 29.7 Å². The van der Waals surface area contributed by atoms with Gasteiger partial charge in [0.1, 0.15) is 36.8 Å². The molecule has 24 nitrogen and oxygen atoms in total. The van der Waals surface area contributed by atoms with E-state index in [9.17, 15) is 53.4 Å². The van der Waals surface area contributed by atoms with Crippen LogP contribution in [0.3, 0.4) is 0 Å². The van der Waals surface area contributed by atoms with Gasteiger partial charge in [-0.2, -0.15) is 0 Å². The van der Waals surface area contributed by atoms with E-state index >= 15 is 0 Å². The minimum absolute atomic E-state index is 0.00192. The van der Waals surface area contributed by atoms with Crippen molar-refractivity contribution < 1.29 is 67.5 Å². The summed E-state index contributed by atoms with van der Waals surface area (Å²) in [7, 11) is 1.50. The van der Waals surface area contributed by atoms with Crippen LogP contribution in [0.25, 0.3) is 22.3 Å². The number of aryl methyl sites for hydroxylation is 1. The number of cyclic esters (lactones) is 1. The number of nitrogens with two attached hydrogens (primary N) is 1. The lowest BCUT2D eigenvalue weighted by atomic mass is 9.86. The van der Waals surface area contributed by atoms with E-state index in [2.05, 4.69) is 21.3 Å². The first-order valence-corrected chi connectivity index (χ1v) is 25.9. The summed E-state index contributed by atoms with van der Waals surface area (Å²) >= 11 is 0. The molecule has 0 unspecified atom stereocenters. The summed E-state index contributed by atoms with van der Waals surface area (Å²) in [4.78, 5) is 123. The maximum absolute atomic E-state index is 13.8. The van der Waals surface area contributed by atoms with Crippen molar-refractivity contribution in [3.63, 3.8) is 0 Å². The number of urea groups is 1. The number of aromatic nitrogens is 2. The van der Waals surface area contributed by atoms with Crippen molar-refractivity contribution in [2.75, 3.05) is 58.4 Å². The Morgan fingerprint density at radius 1 is 0.923 bits per heavy atom. The summed E-state index contributed by atoms with van der Waals surface area (Å²) < 4.78 is 23.7. The second-order valence-electron chi connectivity index (χ2n) is 19.4. The van der Waals surface area contributed by atoms with Crippen LogP contribution in [0.1, 0.15) is 94.5 Å². The second kappa shape index (κ2) is 26.9. The number of pyridine rings is 2. The molecule has 7 amide bonds. The minimum Gasteiger partial charge on any atom is -0.458 e. The summed E-state index contributed by atoms with van der Waals surface area (Å²) in [6.07, 6.45) is -0.613. The standard InChI is InChI=1S/C54H69N9O15/c1-7-36-37-26-35(16-17-41(37)58-46-38(36)28-63-43(46)27-40-39(49(63)69)30-76-50(70)54(40,74)8-2)78-53(73)62(22-24-75-25-23-64)21-20-61(6)52(72)77-29-33-12-14-34(15-13-33)57-47(67)42(10-9-19-56-51(55)71)59-48(68)45(31(3)4)60-44(66)18-11-32(5)65/h12-17,26-27,31,42,45,64,74H,7-11,18-25,28-30H2,1-6H3,(H,57,67)(H,59,68)(H,60,66)(H3,55,56,71)/t42-,45-,54-/m0/s1. The average molecular weight is 1080 g/mol. The van der Waals surface area contributed by atoms with Crippen molar-refractivity contribution in [1.29, 1.82) is 0 Å². The number of primary amides is 1. The number of ether oxygens (including phenoxy) is 4. The number of aliphatic hydroxyl groups is 2. The van der Waals surface area contributed by atoms with E-state index in [0.717, 1.165) is 11.1 Å². The number of hydrogen-bond donors (Lipinski definition) is 7. The quantitative estimate of drug-likeness (QED) is 0.0309. The Kier molecular flexibility index (Phi) is 20.4. The van der Waals surface area contributed by atoms with Gasteiger partial charge in [-0.25, -0.2) is 24.2 Å². The van der Waals surface area contributed by atoms with E-state index in [1.165, 1.54) is 23.8 Å². The first-order valence-electron chi connectivity index (χ1n) is 25.9. The van der Waals surface area contributed by atoms with E-state index in [1.54, 1.807) is 73.9 Å². The van der Waals surface area contributed by atoms with Crippen molar-refractivity contribution in [3.8, 4) is 17.1 Å². The molecule has 2 aromatic heterocycles. The first-order chi connectivity index (χ1) is 37.2. The Labute approximate surface area is 450 Å². The van der Waals surface area contributed by atoms with E-state index < -0.39 is 59.6 Å². The number of benzene rings is 2. The largest absolute Gasteiger partial charge is 0.458 e. The van der Waals surface area contributed by atoms with Gasteiger partial charge in [-0.1, -0.05) is 39.8 Å². The predicted molar refractivity (Wildman–Crippen MR) is 283 cm³/mol. The maximum Gasteiger partial charge on any atom is 0.415 e. The van der Waals surface area contributed by atoms with Crippen LogP contribution >= 0.6 is 0 Å². The van der Waals surface area contributed by atoms with Gasteiger partial charge in [-0.15, -0.1) is 0 Å². The number of rotatable bonds is 26. The predicted octanol–water partition coefficient (Wildman–Crippen LogP) is 3.10. The molecule has 0 fully saturated rings. The molecular formula is C54H69N9O15. The molecule has 420 valence electrons. The highest BCUT2D eigenvalue weighted by Crippen LogP contribution is 2.41. The monoisotopic (exact) mass is 1080 g/mol. The zero-order valence-electron chi connectivity index (χ0n) is 44.7. The fraction of sp³-hybridized carbons (Fsp3) is 0.481. The third-order valence-corrected chi connectivity index (χ3v) is 13.5. The van der Waals surface area contributed by atoms with E-state index in [1.807, 2.05) is 6.92 Å². The number of hydrogen-bond acceptors (Lipinski definition) is 16. The molecule has 4 aromatic rings. The van der Waals surface area contributed by atoms with Crippen molar-refractivity contribution >= 4 is 64.3 Å². The van der Waals surface area contributed by atoms with Gasteiger partial charge in [0.05, 0.1) is 48.8 Å². The molecule has 0 saturated carbocycles. The SMILES string of the molecule is CCc1c2c(nc3ccc(OC(=O)N(CCOCCO)CCN(C)C(=O)OCc4ccc(NC(=O)[C@H](CCCNC(N)=O)NC(=O)[C@@H](NC(=O)CCC(C)=O)C(C)C)cc4)cc13)-c1cc3c(c(=O)n1C2)COC(=O)[C@]3(O)CC. The highest BCUT2D eigenvalue weighted by molar-refractivity contribution is 5.99. The van der Waals surface area contributed by atoms with Crippen LogP contribution in [0.15, 0.2) is 53.3 Å². The lowest BCUT2D eigenvalue weighted by Crippen LogP contribution is -2.54. The summed E-state index contributed by atoms with van der Waals surface area (Å²) in [6, 6.07) is 10.2. The zero-order chi connectivity index (χ0) is 56.8. The molecule has 3 atom stereocenters. The number of nitrogens with zero attached hydrogens (tertiary/aromatic N) is 4. The number of nitrogens with one attached hydrogen (secondary N) is 4. The number of likely N-dealkylation sites (N-methyl/N-ethyl adjacent to an activating group) is 1. The first kappa shape index (κ1) is 59.3. The number of aliphatic hydroxyl groups excluding tert-OH is 1. The smallest absolute Gasteiger partial charge is 0.415 e. The van der Waals surface area contributed by atoms with Crippen LogP contribution in [0.2, 0.25) is 0 Å². The Balaban J connectivity index is 1.06. The molecule has 2 aliphatic rings. The molecule has 0 saturated heterocycles. The van der Waals surface area contributed by atoms with Crippen molar-refractivity contribution in [3.05, 3.63) is 86.7 Å². The van der Waals surface area contributed by atoms with Crippen molar-refractivity contribution in [1.82, 2.24) is 35.3 Å². The Morgan fingerprint density at radius 2 is 1.67 bits per heavy atom. The van der Waals surface area contributed by atoms with Gasteiger partial charge in [0, 0.05) is 68.3 Å². The minimum atomic E-state index is -1.97. The Bertz CT molecular complexity index is 2960. The molecule has 4 heterocycles. The fourth-order valence-corrected chi connectivity index (χ4v) is 9.06. The van der Waals surface area contributed by atoms with Gasteiger partial charge in [-0.3, -0.25) is 19.2 Å². The van der Waals surface area contributed by atoms with Crippen LogP contribution in [-0.4, -0.2) is 142 Å². The van der Waals surface area contributed by atoms with Crippen LogP contribution in [-0.2, 0) is 70.0 Å². The number of amides is 7. The van der Waals surface area contributed by atoms with Crippen molar-refractivity contribution in [2.24, 2.45) is 11.7 Å². The Morgan fingerprint density at radius 3 is 2.33 bits per heavy atom. The van der Waals surface area contributed by atoms with Gasteiger partial charge in [-0.05, 0) is 86.1 Å². The van der Waals surface area contributed by atoms with Gasteiger partial charge >= 0.3 is 24.2 Å². The molecule has 2 aliphatic heterocycles.